The maximum absolute atomic E-state index is 13.6. The van der Waals surface area contributed by atoms with Crippen LogP contribution in [0.4, 0.5) is 0 Å². The van der Waals surface area contributed by atoms with Crippen LogP contribution in [0.2, 0.25) is 0 Å². The lowest BCUT2D eigenvalue weighted by atomic mass is 10.1. The SMILES string of the molecule is O=C(c1ccccc1)N1CC[C@@H]2[C@@H](CC1)Oc1ccccc1S(=O)(=O)N2CC1CC1. The molecule has 0 radical (unpaired) electrons. The predicted molar refractivity (Wildman–Crippen MR) is 113 cm³/mol. The molecule has 158 valence electrons. The number of rotatable bonds is 3. The summed E-state index contributed by atoms with van der Waals surface area (Å²) in [6.07, 6.45) is 3.06. The van der Waals surface area contributed by atoms with E-state index in [2.05, 4.69) is 0 Å². The van der Waals surface area contributed by atoms with Crippen LogP contribution in [0.3, 0.4) is 0 Å². The van der Waals surface area contributed by atoms with Crippen LogP contribution in [0, 0.1) is 5.92 Å². The van der Waals surface area contributed by atoms with E-state index >= 15 is 0 Å². The molecule has 3 aliphatic rings. The first-order chi connectivity index (χ1) is 14.5. The normalized spacial score (nSPS) is 25.9. The number of para-hydroxylation sites is 1. The molecule has 2 heterocycles. The topological polar surface area (TPSA) is 66.9 Å². The van der Waals surface area contributed by atoms with Gasteiger partial charge in [0.15, 0.2) is 0 Å². The maximum Gasteiger partial charge on any atom is 0.253 e. The van der Waals surface area contributed by atoms with Gasteiger partial charge in [-0.3, -0.25) is 4.79 Å². The minimum Gasteiger partial charge on any atom is -0.487 e. The van der Waals surface area contributed by atoms with E-state index in [4.69, 9.17) is 4.74 Å². The number of amides is 1. The molecule has 1 saturated heterocycles. The molecule has 1 aliphatic carbocycles. The number of carbonyl (C=O) groups is 1. The number of sulfonamides is 1. The first kappa shape index (κ1) is 19.6. The van der Waals surface area contributed by atoms with Crippen LogP contribution in [-0.2, 0) is 10.0 Å². The van der Waals surface area contributed by atoms with Gasteiger partial charge in [-0.2, -0.15) is 4.31 Å². The molecule has 30 heavy (non-hydrogen) atoms. The van der Waals surface area contributed by atoms with Crippen LogP contribution in [0.25, 0.3) is 0 Å². The summed E-state index contributed by atoms with van der Waals surface area (Å²) in [6.45, 7) is 1.60. The summed E-state index contributed by atoms with van der Waals surface area (Å²) < 4.78 is 35.1. The van der Waals surface area contributed by atoms with E-state index in [9.17, 15) is 13.2 Å². The van der Waals surface area contributed by atoms with Gasteiger partial charge in [0.05, 0.1) is 6.04 Å². The highest BCUT2D eigenvalue weighted by Crippen LogP contribution is 2.39. The molecule has 5 rings (SSSR count). The van der Waals surface area contributed by atoms with Gasteiger partial charge in [-0.15, -0.1) is 0 Å². The first-order valence-electron chi connectivity index (χ1n) is 10.7. The summed E-state index contributed by atoms with van der Waals surface area (Å²) >= 11 is 0. The van der Waals surface area contributed by atoms with Crippen LogP contribution >= 0.6 is 0 Å². The third-order valence-electron chi connectivity index (χ3n) is 6.33. The molecule has 1 saturated carbocycles. The van der Waals surface area contributed by atoms with Gasteiger partial charge in [0, 0.05) is 31.6 Å². The first-order valence-corrected chi connectivity index (χ1v) is 12.1. The summed E-state index contributed by atoms with van der Waals surface area (Å²) in [5.41, 5.74) is 0.660. The van der Waals surface area contributed by atoms with Crippen molar-refractivity contribution in [2.45, 2.75) is 42.7 Å². The molecule has 2 aromatic rings. The molecule has 0 unspecified atom stereocenters. The van der Waals surface area contributed by atoms with Gasteiger partial charge in [0.25, 0.3) is 5.91 Å². The highest BCUT2D eigenvalue weighted by Gasteiger charge is 2.45. The number of nitrogens with zero attached hydrogens (tertiary/aromatic N) is 2. The Labute approximate surface area is 177 Å². The van der Waals surface area contributed by atoms with Crippen LogP contribution in [0.1, 0.15) is 36.0 Å². The number of fused-ring (bicyclic) bond motifs is 2. The highest BCUT2D eigenvalue weighted by molar-refractivity contribution is 7.89. The van der Waals surface area contributed by atoms with E-state index < -0.39 is 10.0 Å². The van der Waals surface area contributed by atoms with E-state index in [0.717, 1.165) is 12.8 Å². The number of hydrogen-bond donors (Lipinski definition) is 0. The minimum atomic E-state index is -3.65. The molecular formula is C23H26N2O4S. The van der Waals surface area contributed by atoms with Crippen molar-refractivity contribution >= 4 is 15.9 Å². The summed E-state index contributed by atoms with van der Waals surface area (Å²) in [6, 6.07) is 15.9. The Balaban J connectivity index is 1.46. The summed E-state index contributed by atoms with van der Waals surface area (Å²) in [5, 5.41) is 0. The van der Waals surface area contributed by atoms with Crippen molar-refractivity contribution in [3.8, 4) is 5.75 Å². The molecule has 0 bridgehead atoms. The standard InChI is InChI=1S/C23H26N2O4S/c26-23(18-6-2-1-3-7-18)24-14-12-19-20(13-15-24)29-21-8-4-5-9-22(21)30(27,28)25(19)16-17-10-11-17/h1-9,17,19-20H,10-16H2/t19-,20-/m1/s1. The molecule has 6 nitrogen and oxygen atoms in total. The van der Waals surface area contributed by atoms with Crippen molar-refractivity contribution in [2.75, 3.05) is 19.6 Å². The molecule has 0 spiro atoms. The maximum atomic E-state index is 13.6. The van der Waals surface area contributed by atoms with E-state index in [-0.39, 0.29) is 22.9 Å². The van der Waals surface area contributed by atoms with Crippen LogP contribution < -0.4 is 4.74 Å². The fourth-order valence-corrected chi connectivity index (χ4v) is 6.39. The van der Waals surface area contributed by atoms with Gasteiger partial charge in [0.1, 0.15) is 16.7 Å². The lowest BCUT2D eigenvalue weighted by molar-refractivity contribution is 0.0755. The lowest BCUT2D eigenvalue weighted by Crippen LogP contribution is -2.48. The zero-order valence-electron chi connectivity index (χ0n) is 16.8. The second-order valence-electron chi connectivity index (χ2n) is 8.42. The van der Waals surface area contributed by atoms with Crippen molar-refractivity contribution in [1.82, 2.24) is 9.21 Å². The van der Waals surface area contributed by atoms with Crippen LogP contribution in [0.5, 0.6) is 5.75 Å². The van der Waals surface area contributed by atoms with Crippen LogP contribution in [-0.4, -0.2) is 55.3 Å². The predicted octanol–water partition coefficient (Wildman–Crippen LogP) is 3.15. The minimum absolute atomic E-state index is 0.0101. The molecule has 7 heteroatoms. The third-order valence-corrected chi connectivity index (χ3v) is 8.26. The number of carbonyl (C=O) groups excluding carboxylic acids is 1. The quantitative estimate of drug-likeness (QED) is 0.756. The van der Waals surface area contributed by atoms with Gasteiger partial charge in [-0.05, 0) is 49.4 Å². The Hall–Kier alpha value is -2.38. The fraction of sp³-hybridized carbons (Fsp3) is 0.435. The fourth-order valence-electron chi connectivity index (χ4n) is 4.51. The van der Waals surface area contributed by atoms with Crippen molar-refractivity contribution < 1.29 is 17.9 Å². The molecule has 2 atom stereocenters. The smallest absolute Gasteiger partial charge is 0.253 e. The molecular weight excluding hydrogens is 400 g/mol. The number of benzene rings is 2. The van der Waals surface area contributed by atoms with Crippen molar-refractivity contribution in [3.63, 3.8) is 0 Å². The summed E-state index contributed by atoms with van der Waals surface area (Å²) in [4.78, 5) is 15.1. The van der Waals surface area contributed by atoms with Crippen molar-refractivity contribution in [2.24, 2.45) is 5.92 Å². The van der Waals surface area contributed by atoms with Crippen molar-refractivity contribution in [1.29, 1.82) is 0 Å². The van der Waals surface area contributed by atoms with Crippen molar-refractivity contribution in [3.05, 3.63) is 60.2 Å². The van der Waals surface area contributed by atoms with Gasteiger partial charge >= 0.3 is 0 Å². The summed E-state index contributed by atoms with van der Waals surface area (Å²) in [5.74, 6) is 0.841. The molecule has 0 N–H and O–H groups in total. The van der Waals surface area contributed by atoms with E-state index in [1.165, 1.54) is 0 Å². The third kappa shape index (κ3) is 3.61. The second kappa shape index (κ2) is 7.71. The Kier molecular flexibility index (Phi) is 5.03. The van der Waals surface area contributed by atoms with E-state index in [1.807, 2.05) is 41.3 Å². The monoisotopic (exact) mass is 426 g/mol. The van der Waals surface area contributed by atoms with E-state index in [1.54, 1.807) is 22.5 Å². The molecule has 2 fully saturated rings. The largest absolute Gasteiger partial charge is 0.487 e. The van der Waals surface area contributed by atoms with Gasteiger partial charge in [-0.1, -0.05) is 30.3 Å². The average molecular weight is 427 g/mol. The number of hydrogen-bond acceptors (Lipinski definition) is 4. The molecule has 0 aromatic heterocycles. The Morgan fingerprint density at radius 3 is 2.40 bits per heavy atom. The Morgan fingerprint density at radius 2 is 1.63 bits per heavy atom. The zero-order chi connectivity index (χ0) is 20.7. The van der Waals surface area contributed by atoms with Gasteiger partial charge < -0.3 is 9.64 Å². The summed E-state index contributed by atoms with van der Waals surface area (Å²) in [7, 11) is -3.65. The van der Waals surface area contributed by atoms with E-state index in [0.29, 0.717) is 49.7 Å². The highest BCUT2D eigenvalue weighted by atomic mass is 32.2. The zero-order valence-corrected chi connectivity index (χ0v) is 17.6. The van der Waals surface area contributed by atoms with Gasteiger partial charge in [0.2, 0.25) is 10.0 Å². The van der Waals surface area contributed by atoms with Crippen LogP contribution in [0.15, 0.2) is 59.5 Å². The number of ether oxygens (including phenoxy) is 1. The average Bonchev–Trinajstić information content (AvgIpc) is 3.60. The second-order valence-corrected chi connectivity index (χ2v) is 10.3. The number of likely N-dealkylation sites (tertiary alicyclic amines) is 1. The molecule has 2 aromatic carbocycles. The Bertz CT molecular complexity index is 1040. The Morgan fingerprint density at radius 1 is 0.933 bits per heavy atom. The molecule has 1 amide bonds. The lowest BCUT2D eigenvalue weighted by Gasteiger charge is -2.31. The molecule has 2 aliphatic heterocycles. The van der Waals surface area contributed by atoms with Gasteiger partial charge in [-0.25, -0.2) is 8.42 Å².